The molecule has 34 heavy (non-hydrogen) atoms. The summed E-state index contributed by atoms with van der Waals surface area (Å²) in [7, 11) is 0. The molecule has 1 N–H and O–H groups in total. The number of carboxylic acid groups (broad SMARTS) is 1. The third-order valence-electron chi connectivity index (χ3n) is 13.9. The van der Waals surface area contributed by atoms with Crippen molar-refractivity contribution < 1.29 is 15.0 Å². The van der Waals surface area contributed by atoms with Gasteiger partial charge in [-0.15, -0.1) is 0 Å². The van der Waals surface area contributed by atoms with Crippen LogP contribution in [0.25, 0.3) is 0 Å². The van der Waals surface area contributed by atoms with E-state index in [1.165, 1.54) is 24.8 Å². The lowest BCUT2D eigenvalue weighted by Crippen LogP contribution is -2.69. The molecule has 0 aliphatic heterocycles. The van der Waals surface area contributed by atoms with E-state index in [0.717, 1.165) is 38.5 Å². The minimum Gasteiger partial charge on any atom is -0.550 e. The van der Waals surface area contributed by atoms with E-state index in [1.54, 1.807) is 0 Å². The summed E-state index contributed by atoms with van der Waals surface area (Å²) < 4.78 is 0. The number of carboxylic acids is 1. The zero-order valence-electron chi connectivity index (χ0n) is 22.9. The molecule has 5 aliphatic rings. The number of aliphatic carboxylic acids is 1. The Kier molecular flexibility index (Phi) is 5.38. The Labute approximate surface area is 208 Å². The molecule has 0 radical (unpaired) electrons. The fourth-order valence-electron chi connectivity index (χ4n) is 12.1. The first-order chi connectivity index (χ1) is 15.7. The summed E-state index contributed by atoms with van der Waals surface area (Å²) in [6.45, 7) is 21.2. The molecule has 11 atom stereocenters. The van der Waals surface area contributed by atoms with Crippen LogP contribution in [0.2, 0.25) is 0 Å². The number of aliphatic hydroxyl groups excluding tert-OH is 1. The maximum absolute atomic E-state index is 12.8. The molecule has 5 rings (SSSR count). The van der Waals surface area contributed by atoms with Gasteiger partial charge in [0.1, 0.15) is 0 Å². The zero-order valence-corrected chi connectivity index (χ0v) is 22.9. The molecular weight excluding hydrogens is 420 g/mol. The van der Waals surface area contributed by atoms with Gasteiger partial charge in [0.15, 0.2) is 0 Å². The van der Waals surface area contributed by atoms with Crippen LogP contribution in [0.4, 0.5) is 0 Å². The average molecular weight is 470 g/mol. The Morgan fingerprint density at radius 3 is 2.24 bits per heavy atom. The smallest absolute Gasteiger partial charge is 0.0594 e. The molecule has 3 heteroatoms. The molecular formula is C31H49O3-. The zero-order chi connectivity index (χ0) is 25.1. The highest BCUT2D eigenvalue weighted by molar-refractivity contribution is 5.74. The molecule has 5 aliphatic carbocycles. The Morgan fingerprint density at radius 2 is 1.62 bits per heavy atom. The van der Waals surface area contributed by atoms with E-state index >= 15 is 0 Å². The van der Waals surface area contributed by atoms with Crippen LogP contribution in [0.1, 0.15) is 106 Å². The first kappa shape index (κ1) is 24.8. The molecule has 0 spiro atoms. The molecule has 0 heterocycles. The van der Waals surface area contributed by atoms with E-state index in [4.69, 9.17) is 0 Å². The Balaban J connectivity index is 1.60. The molecule has 0 amide bonds. The first-order valence-electron chi connectivity index (χ1n) is 14.2. The lowest BCUT2D eigenvalue weighted by molar-refractivity contribution is -0.333. The van der Waals surface area contributed by atoms with Gasteiger partial charge in [-0.3, -0.25) is 0 Å². The molecule has 0 bridgehead atoms. The standard InChI is InChI=1S/C31H50O3/c1-18(2)20-11-16-31(26(33)34)17-19(3)30(8)21(25(20)31)9-10-23-28(6)14-13-24(32)27(4,5)22(28)12-15-29(23,30)7/h19-25,32H,1,9-17H2,2-8H3,(H,33,34)/p-1/t19?,20-,21+,22-,23+,24-,25+,28-,29+,30+,31-/m0/s1. The van der Waals surface area contributed by atoms with E-state index in [2.05, 4.69) is 55.0 Å². The minimum atomic E-state index is -0.791. The second-order valence-corrected chi connectivity index (χ2v) is 15.0. The molecule has 0 aromatic carbocycles. The quantitative estimate of drug-likeness (QED) is 0.505. The summed E-state index contributed by atoms with van der Waals surface area (Å²) in [6, 6.07) is 0. The van der Waals surface area contributed by atoms with Crippen LogP contribution in [0.3, 0.4) is 0 Å². The van der Waals surface area contributed by atoms with Crippen LogP contribution in [-0.2, 0) is 4.79 Å². The molecule has 5 saturated carbocycles. The van der Waals surface area contributed by atoms with Gasteiger partial charge in [0, 0.05) is 11.4 Å². The van der Waals surface area contributed by atoms with Crippen LogP contribution in [0.15, 0.2) is 12.2 Å². The van der Waals surface area contributed by atoms with Gasteiger partial charge in [0.05, 0.1) is 6.10 Å². The van der Waals surface area contributed by atoms with Gasteiger partial charge in [0.25, 0.3) is 0 Å². The van der Waals surface area contributed by atoms with Crippen molar-refractivity contribution in [3.8, 4) is 0 Å². The number of aliphatic hydroxyl groups is 1. The lowest BCUT2D eigenvalue weighted by Gasteiger charge is -2.74. The third-order valence-corrected chi connectivity index (χ3v) is 13.9. The fraction of sp³-hybridized carbons (Fsp3) is 0.903. The van der Waals surface area contributed by atoms with Crippen LogP contribution < -0.4 is 5.11 Å². The highest BCUT2D eigenvalue weighted by Crippen LogP contribution is 2.78. The molecule has 3 nitrogen and oxygen atoms in total. The molecule has 5 fully saturated rings. The maximum atomic E-state index is 12.8. The number of rotatable bonds is 2. The summed E-state index contributed by atoms with van der Waals surface area (Å²) in [6.07, 6.45) is 9.05. The van der Waals surface area contributed by atoms with Gasteiger partial charge in [-0.1, -0.05) is 53.7 Å². The minimum absolute atomic E-state index is 0.0368. The van der Waals surface area contributed by atoms with Crippen molar-refractivity contribution in [2.45, 2.75) is 112 Å². The molecule has 0 aromatic rings. The van der Waals surface area contributed by atoms with Crippen LogP contribution >= 0.6 is 0 Å². The highest BCUT2D eigenvalue weighted by Gasteiger charge is 2.72. The maximum Gasteiger partial charge on any atom is 0.0594 e. The van der Waals surface area contributed by atoms with Crippen LogP contribution in [0, 0.1) is 62.6 Å². The van der Waals surface area contributed by atoms with Gasteiger partial charge in [-0.25, -0.2) is 0 Å². The molecule has 0 saturated heterocycles. The predicted octanol–water partition coefficient (Wildman–Crippen LogP) is 6.00. The Hall–Kier alpha value is -0.830. The van der Waals surface area contributed by atoms with Gasteiger partial charge >= 0.3 is 0 Å². The number of hydrogen-bond donors (Lipinski definition) is 1. The van der Waals surface area contributed by atoms with Crippen molar-refractivity contribution in [2.75, 3.05) is 0 Å². The van der Waals surface area contributed by atoms with Gasteiger partial charge in [0.2, 0.25) is 0 Å². The first-order valence-corrected chi connectivity index (χ1v) is 14.2. The predicted molar refractivity (Wildman–Crippen MR) is 135 cm³/mol. The summed E-state index contributed by atoms with van der Waals surface area (Å²) >= 11 is 0. The summed E-state index contributed by atoms with van der Waals surface area (Å²) in [5, 5.41) is 23.7. The largest absolute Gasteiger partial charge is 0.550 e. The van der Waals surface area contributed by atoms with Crippen molar-refractivity contribution in [1.82, 2.24) is 0 Å². The summed E-state index contributed by atoms with van der Waals surface area (Å²) in [4.78, 5) is 12.8. The summed E-state index contributed by atoms with van der Waals surface area (Å²) in [5.74, 6) is 1.66. The van der Waals surface area contributed by atoms with Gasteiger partial charge in [-0.2, -0.15) is 0 Å². The normalized spacial score (nSPS) is 55.9. The van der Waals surface area contributed by atoms with Crippen LogP contribution in [0.5, 0.6) is 0 Å². The molecule has 0 aromatic heterocycles. The number of carbonyl (C=O) groups excluding carboxylic acids is 1. The SMILES string of the molecule is C=C(C)[C@@H]1CC[C@]2(C(=O)[O-])CC(C)[C@]3(C)[C@H](CC[C@@H]4[C@@]5(C)CC[C@H](O)C(C)(C)[C@@H]5CC[C@]43C)[C@@H]12. The second kappa shape index (κ2) is 7.36. The molecule has 1 unspecified atom stereocenters. The topological polar surface area (TPSA) is 60.4 Å². The summed E-state index contributed by atoms with van der Waals surface area (Å²) in [5.41, 5.74) is 1.02. The van der Waals surface area contributed by atoms with Crippen molar-refractivity contribution in [3.63, 3.8) is 0 Å². The van der Waals surface area contributed by atoms with E-state index in [0.29, 0.717) is 29.6 Å². The molecule has 192 valence electrons. The third kappa shape index (κ3) is 2.72. The van der Waals surface area contributed by atoms with E-state index in [1.807, 2.05) is 0 Å². The van der Waals surface area contributed by atoms with E-state index in [-0.39, 0.29) is 33.7 Å². The number of hydrogen-bond acceptors (Lipinski definition) is 3. The number of fused-ring (bicyclic) bond motifs is 7. The lowest BCUT2D eigenvalue weighted by atomic mass is 9.30. The van der Waals surface area contributed by atoms with Crippen molar-refractivity contribution in [3.05, 3.63) is 12.2 Å². The monoisotopic (exact) mass is 469 g/mol. The average Bonchev–Trinajstić information content (AvgIpc) is 3.13. The van der Waals surface area contributed by atoms with Crippen molar-refractivity contribution >= 4 is 5.97 Å². The van der Waals surface area contributed by atoms with E-state index in [9.17, 15) is 15.0 Å². The van der Waals surface area contributed by atoms with Crippen molar-refractivity contribution in [2.24, 2.45) is 62.6 Å². The Bertz CT molecular complexity index is 891. The van der Waals surface area contributed by atoms with E-state index < -0.39 is 11.4 Å². The number of allylic oxidation sites excluding steroid dienone is 1. The highest BCUT2D eigenvalue weighted by atomic mass is 16.4. The van der Waals surface area contributed by atoms with Gasteiger partial charge in [-0.05, 0) is 122 Å². The van der Waals surface area contributed by atoms with Crippen molar-refractivity contribution in [1.29, 1.82) is 0 Å². The number of carbonyl (C=O) groups is 1. The fourth-order valence-corrected chi connectivity index (χ4v) is 12.1. The van der Waals surface area contributed by atoms with Crippen LogP contribution in [-0.4, -0.2) is 17.2 Å². The second-order valence-electron chi connectivity index (χ2n) is 15.0. The van der Waals surface area contributed by atoms with Gasteiger partial charge < -0.3 is 15.0 Å². The Morgan fingerprint density at radius 1 is 0.941 bits per heavy atom.